The van der Waals surface area contributed by atoms with Crippen LogP contribution in [0.15, 0.2) is 53.9 Å². The molecular weight excluding hydrogens is 394 g/mol. The van der Waals surface area contributed by atoms with Gasteiger partial charge in [-0.1, -0.05) is 42.1 Å². The molecule has 3 aromatic rings. The Labute approximate surface area is 182 Å². The lowest BCUT2D eigenvalue weighted by molar-refractivity contribution is 0.0934. The quantitative estimate of drug-likeness (QED) is 0.483. The lowest BCUT2D eigenvalue weighted by Crippen LogP contribution is -2.23. The molecule has 0 radical (unpaired) electrons. The van der Waals surface area contributed by atoms with Gasteiger partial charge in [-0.05, 0) is 49.6 Å². The van der Waals surface area contributed by atoms with Crippen LogP contribution < -0.4 is 0 Å². The summed E-state index contributed by atoms with van der Waals surface area (Å²) < 4.78 is 8.17. The number of nitrogens with zero attached hydrogens (tertiary/aromatic N) is 5. The summed E-state index contributed by atoms with van der Waals surface area (Å²) in [7, 11) is 2.11. The molecule has 4 rings (SSSR count). The first kappa shape index (κ1) is 21.0. The molecule has 158 valence electrons. The maximum atomic E-state index is 5.91. The van der Waals surface area contributed by atoms with E-state index in [0.717, 1.165) is 55.8 Å². The van der Waals surface area contributed by atoms with Crippen LogP contribution in [0.1, 0.15) is 35.4 Å². The van der Waals surface area contributed by atoms with E-state index in [1.165, 1.54) is 16.7 Å². The van der Waals surface area contributed by atoms with E-state index in [-0.39, 0.29) is 6.10 Å². The highest BCUT2D eigenvalue weighted by Gasteiger charge is 2.22. The van der Waals surface area contributed by atoms with Crippen LogP contribution in [0, 0.1) is 6.92 Å². The second-order valence-electron chi connectivity index (χ2n) is 7.89. The third-order valence-corrected chi connectivity index (χ3v) is 6.42. The highest BCUT2D eigenvalue weighted by Crippen LogP contribution is 2.26. The Hall–Kier alpha value is -2.22. The van der Waals surface area contributed by atoms with Crippen LogP contribution in [0.3, 0.4) is 0 Å². The molecule has 6 nitrogen and oxygen atoms in total. The van der Waals surface area contributed by atoms with Crippen molar-refractivity contribution in [3.8, 4) is 0 Å². The third-order valence-electron chi connectivity index (χ3n) is 5.41. The van der Waals surface area contributed by atoms with Gasteiger partial charge in [-0.25, -0.2) is 0 Å². The van der Waals surface area contributed by atoms with E-state index >= 15 is 0 Å². The van der Waals surface area contributed by atoms with Crippen LogP contribution in [-0.2, 0) is 30.1 Å². The monoisotopic (exact) mass is 423 g/mol. The maximum Gasteiger partial charge on any atom is 0.191 e. The Kier molecular flexibility index (Phi) is 7.15. The number of thioether (sulfide) groups is 1. The van der Waals surface area contributed by atoms with Crippen LogP contribution in [0.25, 0.3) is 0 Å². The summed E-state index contributed by atoms with van der Waals surface area (Å²) in [5, 5.41) is 10.1. The van der Waals surface area contributed by atoms with E-state index in [0.29, 0.717) is 0 Å². The SMILES string of the molecule is Cc1ccccc1CSc1nnc(CN(C)Cc2cccnc2)n1C[C@@H]1CCCO1. The fraction of sp³-hybridized carbons (Fsp3) is 0.435. The van der Waals surface area contributed by atoms with Crippen molar-refractivity contribution in [2.75, 3.05) is 13.7 Å². The Morgan fingerprint density at radius 2 is 2.07 bits per heavy atom. The van der Waals surface area contributed by atoms with Crippen LogP contribution in [0.5, 0.6) is 0 Å². The standard InChI is InChI=1S/C23H29N5OS/c1-18-7-3-4-9-20(18)17-30-23-26-25-22(28(23)15-21-10-6-12-29-21)16-27(2)14-19-8-5-11-24-13-19/h3-5,7-9,11,13,21H,6,10,12,14-17H2,1-2H3/t21-/m0/s1. The summed E-state index contributed by atoms with van der Waals surface area (Å²) in [4.78, 5) is 6.47. The van der Waals surface area contributed by atoms with Crippen LogP contribution in [-0.4, -0.2) is 44.4 Å². The number of hydrogen-bond acceptors (Lipinski definition) is 6. The van der Waals surface area contributed by atoms with Gasteiger partial charge in [0.2, 0.25) is 0 Å². The predicted octanol–water partition coefficient (Wildman–Crippen LogP) is 4.08. The first-order valence-corrected chi connectivity index (χ1v) is 11.5. The van der Waals surface area contributed by atoms with Gasteiger partial charge in [0.15, 0.2) is 5.16 Å². The molecule has 30 heavy (non-hydrogen) atoms. The summed E-state index contributed by atoms with van der Waals surface area (Å²) in [6.07, 6.45) is 6.21. The van der Waals surface area contributed by atoms with Crippen molar-refractivity contribution in [2.45, 2.75) is 56.4 Å². The molecule has 1 aliphatic heterocycles. The van der Waals surface area contributed by atoms with E-state index < -0.39 is 0 Å². The van der Waals surface area contributed by atoms with E-state index in [9.17, 15) is 0 Å². The number of pyridine rings is 1. The van der Waals surface area contributed by atoms with Gasteiger partial charge in [-0.15, -0.1) is 10.2 Å². The number of aromatic nitrogens is 4. The highest BCUT2D eigenvalue weighted by molar-refractivity contribution is 7.98. The zero-order chi connectivity index (χ0) is 20.8. The smallest absolute Gasteiger partial charge is 0.191 e. The second kappa shape index (κ2) is 10.2. The van der Waals surface area contributed by atoms with E-state index in [1.807, 2.05) is 12.3 Å². The number of benzene rings is 1. The van der Waals surface area contributed by atoms with E-state index in [4.69, 9.17) is 4.74 Å². The maximum absolute atomic E-state index is 5.91. The van der Waals surface area contributed by atoms with Gasteiger partial charge in [0, 0.05) is 31.3 Å². The van der Waals surface area contributed by atoms with Crippen LogP contribution >= 0.6 is 11.8 Å². The van der Waals surface area contributed by atoms with Crippen molar-refractivity contribution < 1.29 is 4.74 Å². The molecule has 1 atom stereocenters. The summed E-state index contributed by atoms with van der Waals surface area (Å²) in [6.45, 7) is 5.39. The Morgan fingerprint density at radius 1 is 1.17 bits per heavy atom. The van der Waals surface area contributed by atoms with Crippen LogP contribution in [0.2, 0.25) is 0 Å². The van der Waals surface area contributed by atoms with Gasteiger partial charge >= 0.3 is 0 Å². The number of aryl methyl sites for hydroxylation is 1. The zero-order valence-electron chi connectivity index (χ0n) is 17.7. The molecule has 0 aliphatic carbocycles. The molecule has 1 aliphatic rings. The molecule has 7 heteroatoms. The average Bonchev–Trinajstić information content (AvgIpc) is 3.39. The molecule has 2 aromatic heterocycles. The minimum atomic E-state index is 0.251. The van der Waals surface area contributed by atoms with Crippen molar-refractivity contribution >= 4 is 11.8 Å². The first-order chi connectivity index (χ1) is 14.7. The first-order valence-electron chi connectivity index (χ1n) is 10.5. The molecule has 1 aromatic carbocycles. The lowest BCUT2D eigenvalue weighted by Gasteiger charge is -2.19. The van der Waals surface area contributed by atoms with Gasteiger partial charge in [0.25, 0.3) is 0 Å². The van der Waals surface area contributed by atoms with Gasteiger partial charge in [0.05, 0.1) is 19.2 Å². The number of rotatable bonds is 9. The molecule has 0 N–H and O–H groups in total. The second-order valence-corrected chi connectivity index (χ2v) is 8.84. The van der Waals surface area contributed by atoms with Crippen molar-refractivity contribution in [3.63, 3.8) is 0 Å². The van der Waals surface area contributed by atoms with E-state index in [1.54, 1.807) is 18.0 Å². The summed E-state index contributed by atoms with van der Waals surface area (Å²) >= 11 is 1.75. The summed E-state index contributed by atoms with van der Waals surface area (Å²) in [5.74, 6) is 1.88. The fourth-order valence-electron chi connectivity index (χ4n) is 3.73. The molecular formula is C23H29N5OS. The topological polar surface area (TPSA) is 56.1 Å². The van der Waals surface area contributed by atoms with Gasteiger partial charge < -0.3 is 9.30 Å². The van der Waals surface area contributed by atoms with Crippen molar-refractivity contribution in [3.05, 3.63) is 71.3 Å². The van der Waals surface area contributed by atoms with Crippen LogP contribution in [0.4, 0.5) is 0 Å². The van der Waals surface area contributed by atoms with Gasteiger partial charge in [-0.2, -0.15) is 0 Å². The number of ether oxygens (including phenoxy) is 1. The van der Waals surface area contributed by atoms with Gasteiger partial charge in [0.1, 0.15) is 5.82 Å². The molecule has 0 bridgehead atoms. The Morgan fingerprint density at radius 3 is 2.83 bits per heavy atom. The number of hydrogen-bond donors (Lipinski definition) is 0. The van der Waals surface area contributed by atoms with Gasteiger partial charge in [-0.3, -0.25) is 9.88 Å². The fourth-order valence-corrected chi connectivity index (χ4v) is 4.78. The molecule has 0 spiro atoms. The average molecular weight is 424 g/mol. The summed E-state index contributed by atoms with van der Waals surface area (Å²) in [5.41, 5.74) is 3.84. The molecule has 3 heterocycles. The lowest BCUT2D eigenvalue weighted by atomic mass is 10.1. The molecule has 0 saturated carbocycles. The Balaban J connectivity index is 1.48. The minimum Gasteiger partial charge on any atom is -0.376 e. The van der Waals surface area contributed by atoms with Crippen molar-refractivity contribution in [1.29, 1.82) is 0 Å². The summed E-state index contributed by atoms with van der Waals surface area (Å²) in [6, 6.07) is 12.6. The Bertz CT molecular complexity index is 940. The van der Waals surface area contributed by atoms with Crippen molar-refractivity contribution in [2.24, 2.45) is 0 Å². The molecule has 0 amide bonds. The third kappa shape index (κ3) is 5.47. The van der Waals surface area contributed by atoms with Crippen molar-refractivity contribution in [1.82, 2.24) is 24.6 Å². The normalized spacial score (nSPS) is 16.4. The minimum absolute atomic E-state index is 0.251. The zero-order valence-corrected chi connectivity index (χ0v) is 18.5. The molecule has 1 fully saturated rings. The molecule has 1 saturated heterocycles. The molecule has 0 unspecified atom stereocenters. The predicted molar refractivity (Wildman–Crippen MR) is 119 cm³/mol. The largest absolute Gasteiger partial charge is 0.376 e. The highest BCUT2D eigenvalue weighted by atomic mass is 32.2. The van der Waals surface area contributed by atoms with E-state index in [2.05, 4.69) is 69.0 Å².